The number of benzene rings is 7. The van der Waals surface area contributed by atoms with Crippen molar-refractivity contribution in [2.24, 2.45) is 5.92 Å². The SMILES string of the molecule is CC1C=CC(N(C2=CC(c3ccccc3)C(Nc3ccccc3)C=C2)c2ccc(-c3ccc(N(c4ccccc4)c4ccc(N(C5=CCCC=C5)c5ccccc5)cc4)cc3)cc2)=CC1. The van der Waals surface area contributed by atoms with Gasteiger partial charge in [0.1, 0.15) is 0 Å². The number of rotatable bonds is 13. The molecule has 0 spiro atoms. The van der Waals surface area contributed by atoms with Crippen LogP contribution in [0.25, 0.3) is 11.1 Å². The van der Waals surface area contributed by atoms with Gasteiger partial charge in [-0.1, -0.05) is 153 Å². The molecule has 0 amide bonds. The molecule has 0 saturated heterocycles. The number of nitrogens with one attached hydrogen (secondary N) is 1. The fraction of sp³-hybridized carbons (Fsp3) is 0.115. The summed E-state index contributed by atoms with van der Waals surface area (Å²) in [5.74, 6) is 0.653. The maximum Gasteiger partial charge on any atom is 0.0552 e. The second-order valence-corrected chi connectivity index (χ2v) is 17.0. The van der Waals surface area contributed by atoms with Gasteiger partial charge in [0, 0.05) is 62.8 Å². The van der Waals surface area contributed by atoms with Crippen LogP contribution in [0, 0.1) is 5.92 Å². The second-order valence-electron chi connectivity index (χ2n) is 17.0. The van der Waals surface area contributed by atoms with Crippen molar-refractivity contribution in [3.63, 3.8) is 0 Å². The van der Waals surface area contributed by atoms with Gasteiger partial charge in [-0.3, -0.25) is 0 Å². The molecule has 7 aromatic carbocycles. The van der Waals surface area contributed by atoms with Gasteiger partial charge >= 0.3 is 0 Å². The third-order valence-corrected chi connectivity index (χ3v) is 12.5. The summed E-state index contributed by atoms with van der Waals surface area (Å²) in [5, 5.41) is 3.80. The Morgan fingerprint density at radius 3 is 1.45 bits per heavy atom. The minimum atomic E-state index is 0.107. The molecule has 3 atom stereocenters. The smallest absolute Gasteiger partial charge is 0.0552 e. The van der Waals surface area contributed by atoms with Gasteiger partial charge < -0.3 is 20.0 Å². The molecule has 0 fully saturated rings. The minimum Gasteiger partial charge on any atom is -0.378 e. The van der Waals surface area contributed by atoms with E-state index in [0.717, 1.165) is 64.8 Å². The summed E-state index contributed by atoms with van der Waals surface area (Å²) in [6.07, 6.45) is 24.0. The number of anilines is 7. The molecule has 1 N–H and O–H groups in total. The maximum absolute atomic E-state index is 3.80. The van der Waals surface area contributed by atoms with Crippen LogP contribution in [0.1, 0.15) is 37.7 Å². The normalized spacial score (nSPS) is 17.7. The molecule has 0 heterocycles. The molecule has 0 aliphatic heterocycles. The molecule has 318 valence electrons. The monoisotopic (exact) mass is 842 g/mol. The van der Waals surface area contributed by atoms with Crippen molar-refractivity contribution in [1.82, 2.24) is 0 Å². The fourth-order valence-corrected chi connectivity index (χ4v) is 9.16. The van der Waals surface area contributed by atoms with Crippen molar-refractivity contribution in [1.29, 1.82) is 0 Å². The quantitative estimate of drug-likeness (QED) is 0.125. The maximum atomic E-state index is 3.80. The van der Waals surface area contributed by atoms with Crippen LogP contribution < -0.4 is 20.0 Å². The molecule has 0 bridgehead atoms. The lowest BCUT2D eigenvalue weighted by Crippen LogP contribution is -2.30. The van der Waals surface area contributed by atoms with Crippen LogP contribution in [-0.4, -0.2) is 6.04 Å². The Labute approximate surface area is 384 Å². The van der Waals surface area contributed by atoms with Gasteiger partial charge in [-0.05, 0) is 145 Å². The highest BCUT2D eigenvalue weighted by atomic mass is 15.2. The molecule has 0 saturated carbocycles. The van der Waals surface area contributed by atoms with Crippen LogP contribution in [-0.2, 0) is 0 Å². The molecule has 4 heteroatoms. The molecule has 0 aromatic heterocycles. The number of allylic oxidation sites excluding steroid dienone is 7. The zero-order chi connectivity index (χ0) is 43.8. The Balaban J connectivity index is 0.939. The van der Waals surface area contributed by atoms with E-state index < -0.39 is 0 Å². The summed E-state index contributed by atoms with van der Waals surface area (Å²) in [5.41, 5.74) is 15.0. The topological polar surface area (TPSA) is 21.8 Å². The Hall–Kier alpha value is -7.82. The van der Waals surface area contributed by atoms with Crippen molar-refractivity contribution in [3.8, 4) is 11.1 Å². The first kappa shape index (κ1) is 41.2. The van der Waals surface area contributed by atoms with Crippen LogP contribution >= 0.6 is 0 Å². The summed E-state index contributed by atoms with van der Waals surface area (Å²) in [7, 11) is 0. The summed E-state index contributed by atoms with van der Waals surface area (Å²) >= 11 is 0. The van der Waals surface area contributed by atoms with Gasteiger partial charge in [0.2, 0.25) is 0 Å². The Morgan fingerprint density at radius 1 is 0.415 bits per heavy atom. The van der Waals surface area contributed by atoms with E-state index in [4.69, 9.17) is 0 Å². The molecular weight excluding hydrogens is 789 g/mol. The number of nitrogens with zero attached hydrogens (tertiary/aromatic N) is 3. The predicted molar refractivity (Wildman–Crippen MR) is 275 cm³/mol. The molecule has 3 aliphatic rings. The lowest BCUT2D eigenvalue weighted by Gasteiger charge is -2.34. The van der Waals surface area contributed by atoms with Crippen LogP contribution in [0.2, 0.25) is 0 Å². The zero-order valence-corrected chi connectivity index (χ0v) is 36.9. The van der Waals surface area contributed by atoms with Gasteiger partial charge in [-0.2, -0.15) is 0 Å². The standard InChI is InChI=1S/C61H54N4/c1-46-27-33-54(34-28-46)65(59-43-44-61(62-50-19-9-3-10-20-50)60(45-59)49-17-7-2-8-18-49)56-37-31-48(32-38-56)47-29-35-55(36-30-47)64(53-25-15-6-16-26-53)58-41-39-57(40-42-58)63(51-21-11-4-12-22-51)52-23-13-5-14-24-52/h2-4,6-13,15-27,29-46,60-62H,5,14,28H2,1H3. The Kier molecular flexibility index (Phi) is 12.2. The summed E-state index contributed by atoms with van der Waals surface area (Å²) < 4.78 is 0. The van der Waals surface area contributed by atoms with E-state index in [9.17, 15) is 0 Å². The molecule has 65 heavy (non-hydrogen) atoms. The average Bonchev–Trinajstić information content (AvgIpc) is 3.38. The first-order valence-corrected chi connectivity index (χ1v) is 23.0. The van der Waals surface area contributed by atoms with Crippen molar-refractivity contribution >= 4 is 39.8 Å². The van der Waals surface area contributed by atoms with Crippen LogP contribution in [0.4, 0.5) is 39.8 Å². The van der Waals surface area contributed by atoms with Crippen molar-refractivity contribution in [2.45, 2.75) is 38.1 Å². The van der Waals surface area contributed by atoms with E-state index in [2.05, 4.69) is 276 Å². The van der Waals surface area contributed by atoms with Gasteiger partial charge in [-0.15, -0.1) is 0 Å². The van der Waals surface area contributed by atoms with E-state index in [1.165, 1.54) is 28.1 Å². The van der Waals surface area contributed by atoms with Crippen LogP contribution in [0.5, 0.6) is 0 Å². The van der Waals surface area contributed by atoms with Crippen molar-refractivity contribution in [3.05, 3.63) is 271 Å². The van der Waals surface area contributed by atoms with Crippen molar-refractivity contribution < 1.29 is 0 Å². The molecule has 4 nitrogen and oxygen atoms in total. The largest absolute Gasteiger partial charge is 0.378 e. The molecular formula is C61H54N4. The molecule has 3 aliphatic carbocycles. The lowest BCUT2D eigenvalue weighted by atomic mass is 9.86. The number of hydrogen-bond acceptors (Lipinski definition) is 4. The van der Waals surface area contributed by atoms with E-state index >= 15 is 0 Å². The number of para-hydroxylation sites is 3. The number of hydrogen-bond donors (Lipinski definition) is 1. The summed E-state index contributed by atoms with van der Waals surface area (Å²) in [4.78, 5) is 7.10. The lowest BCUT2D eigenvalue weighted by molar-refractivity contribution is 0.724. The highest BCUT2D eigenvalue weighted by Crippen LogP contribution is 2.40. The highest BCUT2D eigenvalue weighted by Gasteiger charge is 2.27. The fourth-order valence-electron chi connectivity index (χ4n) is 9.16. The summed E-state index contributed by atoms with van der Waals surface area (Å²) in [6.45, 7) is 2.28. The van der Waals surface area contributed by atoms with Crippen molar-refractivity contribution in [2.75, 3.05) is 20.0 Å². The Bertz CT molecular complexity index is 2860. The van der Waals surface area contributed by atoms with Gasteiger partial charge in [-0.25, -0.2) is 0 Å². The van der Waals surface area contributed by atoms with E-state index in [0.29, 0.717) is 5.92 Å². The van der Waals surface area contributed by atoms with Gasteiger partial charge in [0.25, 0.3) is 0 Å². The molecule has 7 aromatic rings. The van der Waals surface area contributed by atoms with E-state index in [-0.39, 0.29) is 12.0 Å². The summed E-state index contributed by atoms with van der Waals surface area (Å²) in [6, 6.07) is 69.8. The molecule has 3 unspecified atom stereocenters. The second kappa shape index (κ2) is 19.3. The Morgan fingerprint density at radius 2 is 0.892 bits per heavy atom. The van der Waals surface area contributed by atoms with E-state index in [1.54, 1.807) is 0 Å². The zero-order valence-electron chi connectivity index (χ0n) is 36.9. The highest BCUT2D eigenvalue weighted by molar-refractivity contribution is 5.81. The first-order valence-electron chi connectivity index (χ1n) is 23.0. The van der Waals surface area contributed by atoms with Crippen LogP contribution in [0.3, 0.4) is 0 Å². The van der Waals surface area contributed by atoms with Gasteiger partial charge in [0.05, 0.1) is 6.04 Å². The third kappa shape index (κ3) is 9.30. The third-order valence-electron chi connectivity index (χ3n) is 12.5. The predicted octanol–water partition coefficient (Wildman–Crippen LogP) is 16.2. The minimum absolute atomic E-state index is 0.107. The average molecular weight is 843 g/mol. The molecule has 10 rings (SSSR count). The first-order chi connectivity index (χ1) is 32.1. The molecule has 0 radical (unpaired) electrons. The van der Waals surface area contributed by atoms with Gasteiger partial charge in [0.15, 0.2) is 0 Å². The van der Waals surface area contributed by atoms with Crippen LogP contribution in [0.15, 0.2) is 266 Å². The van der Waals surface area contributed by atoms with E-state index in [1.807, 2.05) is 0 Å².